The molecule has 3 aromatic carbocycles. The molecular weight excluding hydrogens is 461 g/mol. The molecule has 0 spiro atoms. The Hall–Kier alpha value is -2.63. The minimum absolute atomic E-state index is 0.131. The zero-order chi connectivity index (χ0) is 23.3. The molecule has 1 heterocycles. The number of carbonyl (C=O) groups is 1. The molecule has 8 heteroatoms. The van der Waals surface area contributed by atoms with E-state index in [0.29, 0.717) is 34.9 Å². The van der Waals surface area contributed by atoms with E-state index in [1.165, 1.54) is 0 Å². The summed E-state index contributed by atoms with van der Waals surface area (Å²) in [5.74, 6) is 0.786. The quantitative estimate of drug-likeness (QED) is 0.303. The Morgan fingerprint density at radius 3 is 2.30 bits per heavy atom. The molecule has 3 aromatic rings. The van der Waals surface area contributed by atoms with E-state index in [9.17, 15) is 9.36 Å². The smallest absolute Gasteiger partial charge is 0.320 e. The Morgan fingerprint density at radius 1 is 1.03 bits per heavy atom. The lowest BCUT2D eigenvalue weighted by atomic mass is 10.0. The zero-order valence-electron chi connectivity index (χ0n) is 18.2. The molecule has 33 heavy (non-hydrogen) atoms. The summed E-state index contributed by atoms with van der Waals surface area (Å²) in [5.41, 5.74) is 0.980. The summed E-state index contributed by atoms with van der Waals surface area (Å²) in [6.07, 6.45) is 0.616. The van der Waals surface area contributed by atoms with E-state index in [1.807, 2.05) is 30.3 Å². The molecular formula is C25H25ClNO5P. The first kappa shape index (κ1) is 23.5. The van der Waals surface area contributed by atoms with Gasteiger partial charge in [0.15, 0.2) is 0 Å². The monoisotopic (exact) mass is 485 g/mol. The van der Waals surface area contributed by atoms with Gasteiger partial charge in [0.1, 0.15) is 18.0 Å². The van der Waals surface area contributed by atoms with Gasteiger partial charge in [-0.15, -0.1) is 0 Å². The highest BCUT2D eigenvalue weighted by atomic mass is 35.5. The fraction of sp³-hybridized carbons (Fsp3) is 0.240. The highest BCUT2D eigenvalue weighted by molar-refractivity contribution is 7.64. The predicted octanol–water partition coefficient (Wildman–Crippen LogP) is 5.98. The lowest BCUT2D eigenvalue weighted by molar-refractivity contribution is -0.144. The van der Waals surface area contributed by atoms with Crippen molar-refractivity contribution >= 4 is 30.4 Å². The number of rotatable bonds is 7. The van der Waals surface area contributed by atoms with Gasteiger partial charge in [0.2, 0.25) is 0 Å². The maximum absolute atomic E-state index is 14.2. The third-order valence-electron chi connectivity index (χ3n) is 5.35. The first-order valence-corrected chi connectivity index (χ1v) is 12.7. The number of halogens is 1. The van der Waals surface area contributed by atoms with Crippen molar-refractivity contribution in [2.45, 2.75) is 19.4 Å². The Labute approximate surface area is 198 Å². The summed E-state index contributed by atoms with van der Waals surface area (Å²) < 4.78 is 32.8. The van der Waals surface area contributed by atoms with Crippen molar-refractivity contribution in [3.8, 4) is 11.5 Å². The van der Waals surface area contributed by atoms with Crippen LogP contribution in [0.15, 0.2) is 78.9 Å². The Bertz CT molecular complexity index is 1120. The van der Waals surface area contributed by atoms with Crippen LogP contribution in [0, 0.1) is 0 Å². The van der Waals surface area contributed by atoms with E-state index in [-0.39, 0.29) is 19.2 Å². The fourth-order valence-corrected chi connectivity index (χ4v) is 6.33. The van der Waals surface area contributed by atoms with Gasteiger partial charge in [0.05, 0.1) is 18.5 Å². The van der Waals surface area contributed by atoms with Crippen molar-refractivity contribution in [2.75, 3.05) is 19.8 Å². The summed E-state index contributed by atoms with van der Waals surface area (Å²) in [7, 11) is -3.52. The van der Waals surface area contributed by atoms with Gasteiger partial charge >= 0.3 is 13.5 Å². The van der Waals surface area contributed by atoms with E-state index in [1.54, 1.807) is 60.1 Å². The standard InChI is InChI=1S/C25H25ClNO5P/c1-2-30-25(28)18-27-24(19-6-4-3-5-7-19)16-17-31-33(27,29)23-14-12-22(13-15-23)32-21-10-8-20(26)9-11-21/h3-15,24H,2,16-18H2,1H3. The van der Waals surface area contributed by atoms with Crippen molar-refractivity contribution in [3.63, 3.8) is 0 Å². The minimum Gasteiger partial charge on any atom is -0.465 e. The predicted molar refractivity (Wildman–Crippen MR) is 128 cm³/mol. The highest BCUT2D eigenvalue weighted by Crippen LogP contribution is 2.57. The van der Waals surface area contributed by atoms with Crippen LogP contribution < -0.4 is 10.0 Å². The Morgan fingerprint density at radius 2 is 1.67 bits per heavy atom. The zero-order valence-corrected chi connectivity index (χ0v) is 19.9. The van der Waals surface area contributed by atoms with E-state index in [4.69, 9.17) is 25.6 Å². The molecule has 0 aliphatic carbocycles. The molecule has 2 unspecified atom stereocenters. The van der Waals surface area contributed by atoms with Gasteiger partial charge in [-0.2, -0.15) is 0 Å². The third kappa shape index (κ3) is 5.48. The molecule has 6 nitrogen and oxygen atoms in total. The molecule has 1 fully saturated rings. The number of esters is 1. The first-order chi connectivity index (χ1) is 16.0. The van der Waals surface area contributed by atoms with Crippen molar-refractivity contribution in [1.29, 1.82) is 0 Å². The van der Waals surface area contributed by atoms with Crippen LogP contribution in [0.5, 0.6) is 11.5 Å². The molecule has 0 radical (unpaired) electrons. The van der Waals surface area contributed by atoms with Crippen LogP contribution >= 0.6 is 19.1 Å². The van der Waals surface area contributed by atoms with Crippen molar-refractivity contribution in [1.82, 2.24) is 4.67 Å². The Kier molecular flexibility index (Phi) is 7.51. The lowest BCUT2D eigenvalue weighted by Gasteiger charge is -2.40. The molecule has 172 valence electrons. The Balaban J connectivity index is 1.63. The minimum atomic E-state index is -3.52. The molecule has 0 saturated carbocycles. The highest BCUT2D eigenvalue weighted by Gasteiger charge is 2.44. The molecule has 4 rings (SSSR count). The molecule has 2 atom stereocenters. The molecule has 0 amide bonds. The second-order valence-corrected chi connectivity index (χ2v) is 10.3. The lowest BCUT2D eigenvalue weighted by Crippen LogP contribution is -2.39. The van der Waals surface area contributed by atoms with Gasteiger partial charge in [0, 0.05) is 11.1 Å². The van der Waals surface area contributed by atoms with E-state index < -0.39 is 13.5 Å². The average Bonchev–Trinajstić information content (AvgIpc) is 2.83. The van der Waals surface area contributed by atoms with Crippen LogP contribution in [0.2, 0.25) is 5.02 Å². The van der Waals surface area contributed by atoms with Crippen LogP contribution in [-0.2, 0) is 18.6 Å². The van der Waals surface area contributed by atoms with Crippen molar-refractivity contribution < 1.29 is 23.4 Å². The summed E-state index contributed by atoms with van der Waals surface area (Å²) in [6, 6.07) is 23.5. The number of hydrogen-bond acceptors (Lipinski definition) is 5. The van der Waals surface area contributed by atoms with Crippen molar-refractivity contribution in [2.24, 2.45) is 0 Å². The largest absolute Gasteiger partial charge is 0.465 e. The topological polar surface area (TPSA) is 65.1 Å². The van der Waals surface area contributed by atoms with Crippen LogP contribution in [0.25, 0.3) is 0 Å². The number of ether oxygens (including phenoxy) is 2. The van der Waals surface area contributed by atoms with E-state index >= 15 is 0 Å². The van der Waals surface area contributed by atoms with Gasteiger partial charge in [-0.25, -0.2) is 4.67 Å². The van der Waals surface area contributed by atoms with Gasteiger partial charge < -0.3 is 14.0 Å². The van der Waals surface area contributed by atoms with Gasteiger partial charge in [-0.05, 0) is 67.4 Å². The van der Waals surface area contributed by atoms with Gasteiger partial charge in [0.25, 0.3) is 0 Å². The fourth-order valence-electron chi connectivity index (χ4n) is 3.82. The summed E-state index contributed by atoms with van der Waals surface area (Å²) in [5, 5.41) is 1.12. The van der Waals surface area contributed by atoms with E-state index in [0.717, 1.165) is 5.56 Å². The number of hydrogen-bond donors (Lipinski definition) is 0. The maximum atomic E-state index is 14.2. The molecule has 1 aliphatic rings. The van der Waals surface area contributed by atoms with Crippen molar-refractivity contribution in [3.05, 3.63) is 89.4 Å². The summed E-state index contributed by atoms with van der Waals surface area (Å²) in [4.78, 5) is 12.4. The van der Waals surface area contributed by atoms with Gasteiger partial charge in [-0.1, -0.05) is 41.9 Å². The molecule has 1 aliphatic heterocycles. The van der Waals surface area contributed by atoms with E-state index in [2.05, 4.69) is 0 Å². The third-order valence-corrected chi connectivity index (χ3v) is 8.18. The van der Waals surface area contributed by atoms with Crippen LogP contribution in [0.3, 0.4) is 0 Å². The first-order valence-electron chi connectivity index (χ1n) is 10.8. The summed E-state index contributed by atoms with van der Waals surface area (Å²) in [6.45, 7) is 2.19. The van der Waals surface area contributed by atoms with Crippen LogP contribution in [0.1, 0.15) is 24.9 Å². The maximum Gasteiger partial charge on any atom is 0.320 e. The summed E-state index contributed by atoms with van der Waals surface area (Å²) >= 11 is 5.92. The molecule has 0 aromatic heterocycles. The van der Waals surface area contributed by atoms with Crippen LogP contribution in [0.4, 0.5) is 0 Å². The average molecular weight is 486 g/mol. The molecule has 0 bridgehead atoms. The molecule has 0 N–H and O–H groups in total. The second-order valence-electron chi connectivity index (χ2n) is 7.52. The molecule has 1 saturated heterocycles. The van der Waals surface area contributed by atoms with Crippen LogP contribution in [-0.4, -0.2) is 30.4 Å². The number of benzene rings is 3. The normalized spacial score (nSPS) is 20.8. The SMILES string of the molecule is CCOC(=O)CN1C(c2ccccc2)CCOP1(=O)c1ccc(Oc2ccc(Cl)cc2)cc1. The number of carbonyl (C=O) groups excluding carboxylic acids is 1. The second kappa shape index (κ2) is 10.5. The number of nitrogens with zero attached hydrogens (tertiary/aromatic N) is 1. The van der Waals surface area contributed by atoms with Gasteiger partial charge in [-0.3, -0.25) is 9.36 Å².